The van der Waals surface area contributed by atoms with Crippen molar-refractivity contribution < 1.29 is 18.9 Å². The van der Waals surface area contributed by atoms with Gasteiger partial charge >= 0.3 is 0 Å². The number of hydrogen-bond acceptors (Lipinski definition) is 6. The first-order valence-electron chi connectivity index (χ1n) is 8.41. The molecule has 1 heterocycles. The third kappa shape index (κ3) is 4.38. The van der Waals surface area contributed by atoms with Crippen LogP contribution in [0.1, 0.15) is 24.2 Å². The standard InChI is InChI=1S/C19H18ClN3O4/c1-3-25-15-9-8-12(11-16(15)26-4-2)17-18(23-27-22-17)21-19(24)13-6-5-7-14(20)10-13/h5-11H,3-4H2,1-2H3,(H,21,23,24). The van der Waals surface area contributed by atoms with Crippen LogP contribution in [-0.4, -0.2) is 29.4 Å². The maximum absolute atomic E-state index is 12.4. The van der Waals surface area contributed by atoms with E-state index in [4.69, 9.17) is 25.7 Å². The molecule has 1 aromatic heterocycles. The first kappa shape index (κ1) is 18.7. The van der Waals surface area contributed by atoms with E-state index in [1.54, 1.807) is 42.5 Å². The van der Waals surface area contributed by atoms with Gasteiger partial charge in [-0.05, 0) is 60.6 Å². The molecule has 140 valence electrons. The lowest BCUT2D eigenvalue weighted by molar-refractivity contribution is 0.102. The average Bonchev–Trinajstić information content (AvgIpc) is 3.11. The zero-order chi connectivity index (χ0) is 19.2. The second kappa shape index (κ2) is 8.55. The van der Waals surface area contributed by atoms with Crippen molar-refractivity contribution in [2.24, 2.45) is 0 Å². The number of aromatic nitrogens is 2. The van der Waals surface area contributed by atoms with Gasteiger partial charge in [0.15, 0.2) is 17.2 Å². The molecule has 0 saturated heterocycles. The second-order valence-electron chi connectivity index (χ2n) is 5.45. The van der Waals surface area contributed by atoms with Gasteiger partial charge in [0.2, 0.25) is 5.82 Å². The van der Waals surface area contributed by atoms with Crippen LogP contribution in [-0.2, 0) is 0 Å². The van der Waals surface area contributed by atoms with Gasteiger partial charge in [0, 0.05) is 16.1 Å². The van der Waals surface area contributed by atoms with E-state index < -0.39 is 0 Å². The fraction of sp³-hybridized carbons (Fsp3) is 0.211. The molecule has 1 amide bonds. The predicted octanol–water partition coefficient (Wildman–Crippen LogP) is 4.44. The first-order valence-corrected chi connectivity index (χ1v) is 8.79. The van der Waals surface area contributed by atoms with Crippen molar-refractivity contribution in [1.82, 2.24) is 10.3 Å². The number of halogens is 1. The van der Waals surface area contributed by atoms with Gasteiger partial charge in [-0.1, -0.05) is 17.7 Å². The summed E-state index contributed by atoms with van der Waals surface area (Å²) in [7, 11) is 0. The van der Waals surface area contributed by atoms with Gasteiger partial charge < -0.3 is 14.8 Å². The number of benzene rings is 2. The van der Waals surface area contributed by atoms with Crippen LogP contribution < -0.4 is 14.8 Å². The van der Waals surface area contributed by atoms with Gasteiger partial charge in [0.05, 0.1) is 13.2 Å². The Bertz CT molecular complexity index is 942. The second-order valence-corrected chi connectivity index (χ2v) is 5.89. The van der Waals surface area contributed by atoms with E-state index in [0.29, 0.717) is 46.6 Å². The smallest absolute Gasteiger partial charge is 0.257 e. The van der Waals surface area contributed by atoms with Crippen LogP contribution in [0.4, 0.5) is 5.82 Å². The molecule has 3 rings (SSSR count). The summed E-state index contributed by atoms with van der Waals surface area (Å²) in [6.07, 6.45) is 0. The minimum Gasteiger partial charge on any atom is -0.490 e. The molecule has 1 N–H and O–H groups in total. The third-order valence-electron chi connectivity index (χ3n) is 3.62. The van der Waals surface area contributed by atoms with Crippen molar-refractivity contribution in [2.75, 3.05) is 18.5 Å². The number of anilines is 1. The van der Waals surface area contributed by atoms with Crippen LogP contribution >= 0.6 is 11.6 Å². The van der Waals surface area contributed by atoms with Crippen LogP contribution in [0.15, 0.2) is 47.1 Å². The van der Waals surface area contributed by atoms with Crippen LogP contribution in [0.25, 0.3) is 11.3 Å². The van der Waals surface area contributed by atoms with E-state index in [-0.39, 0.29) is 11.7 Å². The van der Waals surface area contributed by atoms with Gasteiger partial charge in [-0.25, -0.2) is 4.63 Å². The number of amides is 1. The Balaban J connectivity index is 1.88. The van der Waals surface area contributed by atoms with Crippen molar-refractivity contribution in [3.63, 3.8) is 0 Å². The first-order chi connectivity index (χ1) is 13.1. The molecule has 3 aromatic rings. The highest BCUT2D eigenvalue weighted by atomic mass is 35.5. The molecule has 0 aliphatic rings. The van der Waals surface area contributed by atoms with Crippen LogP contribution in [0.5, 0.6) is 11.5 Å². The van der Waals surface area contributed by atoms with E-state index in [0.717, 1.165) is 0 Å². The molecule has 0 saturated carbocycles. The Morgan fingerprint density at radius 2 is 1.85 bits per heavy atom. The number of carbonyl (C=O) groups is 1. The summed E-state index contributed by atoms with van der Waals surface area (Å²) in [6.45, 7) is 4.79. The number of nitrogens with one attached hydrogen (secondary N) is 1. The largest absolute Gasteiger partial charge is 0.490 e. The summed E-state index contributed by atoms with van der Waals surface area (Å²) >= 11 is 5.93. The zero-order valence-electron chi connectivity index (χ0n) is 14.9. The maximum Gasteiger partial charge on any atom is 0.257 e. The number of nitrogens with zero attached hydrogens (tertiary/aromatic N) is 2. The van der Waals surface area contributed by atoms with Crippen LogP contribution in [0.3, 0.4) is 0 Å². The summed E-state index contributed by atoms with van der Waals surface area (Å²) in [5.41, 5.74) is 1.46. The molecular formula is C19H18ClN3O4. The SMILES string of the molecule is CCOc1ccc(-c2nonc2NC(=O)c2cccc(Cl)c2)cc1OCC. The Morgan fingerprint density at radius 3 is 2.59 bits per heavy atom. The molecule has 0 bridgehead atoms. The van der Waals surface area contributed by atoms with Crippen molar-refractivity contribution in [3.05, 3.63) is 53.1 Å². The molecule has 0 aliphatic carbocycles. The van der Waals surface area contributed by atoms with Crippen LogP contribution in [0, 0.1) is 0 Å². The molecule has 7 nitrogen and oxygen atoms in total. The highest BCUT2D eigenvalue weighted by Crippen LogP contribution is 2.34. The van der Waals surface area contributed by atoms with E-state index in [1.807, 2.05) is 13.8 Å². The molecule has 2 aromatic carbocycles. The molecule has 0 unspecified atom stereocenters. The minimum atomic E-state index is -0.370. The summed E-state index contributed by atoms with van der Waals surface area (Å²) in [4.78, 5) is 12.4. The van der Waals surface area contributed by atoms with Crippen molar-refractivity contribution in [2.45, 2.75) is 13.8 Å². The number of carbonyl (C=O) groups excluding carboxylic acids is 1. The molecule has 27 heavy (non-hydrogen) atoms. The van der Waals surface area contributed by atoms with Crippen molar-refractivity contribution in [1.29, 1.82) is 0 Å². The van der Waals surface area contributed by atoms with Crippen LogP contribution in [0.2, 0.25) is 5.02 Å². The van der Waals surface area contributed by atoms with Gasteiger partial charge in [-0.15, -0.1) is 0 Å². The maximum atomic E-state index is 12.4. The normalized spacial score (nSPS) is 10.5. The summed E-state index contributed by atoms with van der Waals surface area (Å²) < 4.78 is 16.0. The lowest BCUT2D eigenvalue weighted by Crippen LogP contribution is -2.12. The van der Waals surface area contributed by atoms with Crippen molar-refractivity contribution >= 4 is 23.3 Å². The summed E-state index contributed by atoms with van der Waals surface area (Å²) in [5.74, 6) is 1.04. The molecule has 0 spiro atoms. The topological polar surface area (TPSA) is 86.5 Å². The number of hydrogen-bond donors (Lipinski definition) is 1. The van der Waals surface area contributed by atoms with Gasteiger partial charge in [0.1, 0.15) is 0 Å². The number of ether oxygens (including phenoxy) is 2. The molecule has 8 heteroatoms. The predicted molar refractivity (Wildman–Crippen MR) is 101 cm³/mol. The molecule has 0 aliphatic heterocycles. The Hall–Kier alpha value is -3.06. The van der Waals surface area contributed by atoms with Gasteiger partial charge in [-0.3, -0.25) is 4.79 Å². The summed E-state index contributed by atoms with van der Waals surface area (Å²) in [6, 6.07) is 11.9. The summed E-state index contributed by atoms with van der Waals surface area (Å²) in [5, 5.41) is 10.8. The quantitative estimate of drug-likeness (QED) is 0.645. The lowest BCUT2D eigenvalue weighted by atomic mass is 10.1. The lowest BCUT2D eigenvalue weighted by Gasteiger charge is -2.12. The van der Waals surface area contributed by atoms with E-state index in [2.05, 4.69) is 15.6 Å². The van der Waals surface area contributed by atoms with Crippen molar-refractivity contribution in [3.8, 4) is 22.8 Å². The molecule has 0 fully saturated rings. The Labute approximate surface area is 161 Å². The Kier molecular flexibility index (Phi) is 5.93. The zero-order valence-corrected chi connectivity index (χ0v) is 15.6. The van der Waals surface area contributed by atoms with Gasteiger partial charge in [0.25, 0.3) is 5.91 Å². The fourth-order valence-corrected chi connectivity index (χ4v) is 2.66. The fourth-order valence-electron chi connectivity index (χ4n) is 2.47. The molecule has 0 radical (unpaired) electrons. The monoisotopic (exact) mass is 387 g/mol. The van der Waals surface area contributed by atoms with E-state index >= 15 is 0 Å². The third-order valence-corrected chi connectivity index (χ3v) is 3.86. The van der Waals surface area contributed by atoms with Gasteiger partial charge in [-0.2, -0.15) is 0 Å². The minimum absolute atomic E-state index is 0.201. The van der Waals surface area contributed by atoms with E-state index in [1.165, 1.54) is 0 Å². The number of rotatable bonds is 7. The van der Waals surface area contributed by atoms with E-state index in [9.17, 15) is 4.79 Å². The average molecular weight is 388 g/mol. The molecular weight excluding hydrogens is 370 g/mol. The molecule has 0 atom stereocenters. The highest BCUT2D eigenvalue weighted by molar-refractivity contribution is 6.31. The Morgan fingerprint density at radius 1 is 1.07 bits per heavy atom. The highest BCUT2D eigenvalue weighted by Gasteiger charge is 2.18.